The highest BCUT2D eigenvalue weighted by Gasteiger charge is 2.62. The first-order valence-electron chi connectivity index (χ1n) is 14.5. The Hall–Kier alpha value is -0.790. The summed E-state index contributed by atoms with van der Waals surface area (Å²) in [5.41, 5.74) is 3.45. The van der Waals surface area contributed by atoms with Crippen LogP contribution in [0, 0.1) is 46.3 Å². The van der Waals surface area contributed by atoms with Gasteiger partial charge in [-0.2, -0.15) is 0 Å². The maximum absolute atomic E-state index is 11.4. The van der Waals surface area contributed by atoms with E-state index >= 15 is 0 Å². The number of hydrogen-bond acceptors (Lipinski definition) is 6. The summed E-state index contributed by atoms with van der Waals surface area (Å²) < 4.78 is 0. The molecular formula is C30H51NO5. The first-order chi connectivity index (χ1) is 17.0. The smallest absolute Gasteiger partial charge is 0.100 e. The highest BCUT2D eigenvalue weighted by Crippen LogP contribution is 2.67. The van der Waals surface area contributed by atoms with Crippen LogP contribution in [0.15, 0.2) is 16.6 Å². The highest BCUT2D eigenvalue weighted by atomic mass is 16.3. The second-order valence-corrected chi connectivity index (χ2v) is 13.3. The molecule has 0 aromatic carbocycles. The molecule has 6 nitrogen and oxygen atoms in total. The van der Waals surface area contributed by atoms with Gasteiger partial charge >= 0.3 is 0 Å². The molecule has 3 fully saturated rings. The van der Waals surface area contributed by atoms with Gasteiger partial charge < -0.3 is 25.5 Å². The highest BCUT2D eigenvalue weighted by molar-refractivity contribution is 5.87. The van der Waals surface area contributed by atoms with E-state index in [0.717, 1.165) is 51.0 Å². The van der Waals surface area contributed by atoms with Crippen molar-refractivity contribution in [3.63, 3.8) is 0 Å². The molecule has 0 bridgehead atoms. The van der Waals surface area contributed by atoms with Gasteiger partial charge in [-0.3, -0.25) is 4.99 Å². The minimum Gasteiger partial charge on any atom is -0.394 e. The van der Waals surface area contributed by atoms with E-state index in [0.29, 0.717) is 29.6 Å². The third-order valence-electron chi connectivity index (χ3n) is 11.2. The van der Waals surface area contributed by atoms with Crippen molar-refractivity contribution in [2.45, 2.75) is 104 Å². The largest absolute Gasteiger partial charge is 0.394 e. The van der Waals surface area contributed by atoms with Gasteiger partial charge in [0.2, 0.25) is 0 Å². The molecule has 3 saturated carbocycles. The average Bonchev–Trinajstić information content (AvgIpc) is 3.14. The summed E-state index contributed by atoms with van der Waals surface area (Å²) >= 11 is 0. The molecule has 5 rings (SSSR count). The number of rotatable bonds is 4. The maximum atomic E-state index is 11.4. The standard InChI is InChI=1S/C27H43NO2.C3H8O3/c1-16-5-8-23(28-15-16)17(2)25-24(30)14-22-20-7-6-18-13-19(29)9-11-26(18,3)21(20)10-12-27(22,25)4;4-1-3(6)2-5/h6,16-17,19-22,24-25,29-30H,5,7-15H2,1-4H3;3-6H,1-2H2/t16-,17+,19-,20+,21-,22-,24+,25-,26-,27-;/m0./s1. The summed E-state index contributed by atoms with van der Waals surface area (Å²) in [6.45, 7) is 9.93. The number of aliphatic hydroxyl groups is 5. The summed E-state index contributed by atoms with van der Waals surface area (Å²) in [4.78, 5) is 4.98. The molecule has 10 atom stereocenters. The predicted octanol–water partition coefficient (Wildman–Crippen LogP) is 3.74. The van der Waals surface area contributed by atoms with Gasteiger partial charge in [-0.05, 0) is 104 Å². The number of allylic oxidation sites excluding steroid dienone is 1. The van der Waals surface area contributed by atoms with Gasteiger partial charge in [-0.25, -0.2) is 0 Å². The fourth-order valence-corrected chi connectivity index (χ4v) is 9.07. The van der Waals surface area contributed by atoms with E-state index in [2.05, 4.69) is 33.8 Å². The quantitative estimate of drug-likeness (QED) is 0.374. The Balaban J connectivity index is 0.000000455. The Bertz CT molecular complexity index is 824. The first-order valence-corrected chi connectivity index (χ1v) is 14.5. The lowest BCUT2D eigenvalue weighted by Gasteiger charge is -2.58. The zero-order chi connectivity index (χ0) is 26.3. The summed E-state index contributed by atoms with van der Waals surface area (Å²) in [6, 6.07) is 0. The molecule has 6 heteroatoms. The average molecular weight is 506 g/mol. The molecule has 4 aliphatic carbocycles. The third-order valence-corrected chi connectivity index (χ3v) is 11.2. The Morgan fingerprint density at radius 2 is 1.78 bits per heavy atom. The van der Waals surface area contributed by atoms with Crippen LogP contribution in [0.25, 0.3) is 0 Å². The number of hydrogen-bond donors (Lipinski definition) is 5. The van der Waals surface area contributed by atoms with Crippen molar-refractivity contribution in [3.05, 3.63) is 11.6 Å². The van der Waals surface area contributed by atoms with Crippen molar-refractivity contribution in [1.29, 1.82) is 0 Å². The Morgan fingerprint density at radius 3 is 2.39 bits per heavy atom. The fourth-order valence-electron chi connectivity index (χ4n) is 9.07. The first kappa shape index (κ1) is 28.2. The topological polar surface area (TPSA) is 114 Å². The second kappa shape index (κ2) is 11.1. The van der Waals surface area contributed by atoms with Crippen molar-refractivity contribution in [2.24, 2.45) is 51.3 Å². The Kier molecular flexibility index (Phi) is 8.73. The minimum atomic E-state index is -0.954. The number of aliphatic hydroxyl groups excluding tert-OH is 5. The van der Waals surface area contributed by atoms with Crippen molar-refractivity contribution in [1.82, 2.24) is 0 Å². The van der Waals surface area contributed by atoms with Crippen molar-refractivity contribution in [3.8, 4) is 0 Å². The molecule has 0 amide bonds. The molecule has 5 aliphatic rings. The van der Waals surface area contributed by atoms with Gasteiger partial charge in [-0.15, -0.1) is 0 Å². The van der Waals surface area contributed by atoms with Crippen LogP contribution in [-0.2, 0) is 0 Å². The van der Waals surface area contributed by atoms with Gasteiger partial charge in [0, 0.05) is 12.3 Å². The fraction of sp³-hybridized carbons (Fsp3) is 0.900. The normalized spacial score (nSPS) is 44.9. The van der Waals surface area contributed by atoms with Crippen LogP contribution in [0.1, 0.15) is 85.5 Å². The SMILES string of the molecule is C[C@H]1CCC([C@@H](C)[C@H]2[C@H](O)C[C@H]3[C@@H]4CC=C5C[C@@H](O)CC[C@]5(C)[C@H]4CC[C@]23C)=NC1.OCC(O)CO. The van der Waals surface area contributed by atoms with Crippen molar-refractivity contribution < 1.29 is 25.5 Å². The molecule has 1 aliphatic heterocycles. The van der Waals surface area contributed by atoms with E-state index in [1.54, 1.807) is 5.57 Å². The maximum Gasteiger partial charge on any atom is 0.100 e. The predicted molar refractivity (Wildman–Crippen MR) is 143 cm³/mol. The summed E-state index contributed by atoms with van der Waals surface area (Å²) in [6.07, 6.45) is 11.3. The van der Waals surface area contributed by atoms with E-state index in [4.69, 9.17) is 20.3 Å². The molecule has 5 N–H and O–H groups in total. The van der Waals surface area contributed by atoms with Crippen LogP contribution in [-0.4, -0.2) is 69.3 Å². The van der Waals surface area contributed by atoms with Crippen LogP contribution in [0.5, 0.6) is 0 Å². The third kappa shape index (κ3) is 5.10. The van der Waals surface area contributed by atoms with Crippen molar-refractivity contribution >= 4 is 5.71 Å². The minimum absolute atomic E-state index is 0.132. The van der Waals surface area contributed by atoms with Gasteiger partial charge in [0.05, 0.1) is 25.4 Å². The Morgan fingerprint density at radius 1 is 1.06 bits per heavy atom. The van der Waals surface area contributed by atoms with Crippen molar-refractivity contribution in [2.75, 3.05) is 19.8 Å². The molecule has 0 spiro atoms. The van der Waals surface area contributed by atoms with Crippen LogP contribution < -0.4 is 0 Å². The lowest BCUT2D eigenvalue weighted by molar-refractivity contribution is -0.0564. The number of nitrogens with zero attached hydrogens (tertiary/aromatic N) is 1. The van der Waals surface area contributed by atoms with Gasteiger partial charge in [0.1, 0.15) is 6.10 Å². The monoisotopic (exact) mass is 505 g/mol. The Labute approximate surface area is 217 Å². The zero-order valence-electron chi connectivity index (χ0n) is 22.9. The summed E-state index contributed by atoms with van der Waals surface area (Å²) in [5, 5.41) is 45.6. The van der Waals surface area contributed by atoms with E-state index < -0.39 is 6.10 Å². The second-order valence-electron chi connectivity index (χ2n) is 13.3. The van der Waals surface area contributed by atoms with E-state index in [9.17, 15) is 10.2 Å². The molecular weight excluding hydrogens is 454 g/mol. The molecule has 0 radical (unpaired) electrons. The molecule has 0 aromatic rings. The van der Waals surface area contributed by atoms with Crippen LogP contribution in [0.2, 0.25) is 0 Å². The molecule has 0 saturated heterocycles. The molecule has 206 valence electrons. The summed E-state index contributed by atoms with van der Waals surface area (Å²) in [7, 11) is 0. The van der Waals surface area contributed by atoms with Gasteiger partial charge in [0.25, 0.3) is 0 Å². The van der Waals surface area contributed by atoms with E-state index in [-0.39, 0.29) is 36.3 Å². The lowest BCUT2D eigenvalue weighted by atomic mass is 9.47. The van der Waals surface area contributed by atoms with Gasteiger partial charge in [0.15, 0.2) is 0 Å². The summed E-state index contributed by atoms with van der Waals surface area (Å²) in [5.74, 6) is 3.55. The van der Waals surface area contributed by atoms with Crippen LogP contribution >= 0.6 is 0 Å². The van der Waals surface area contributed by atoms with E-state index in [1.807, 2.05) is 0 Å². The number of fused-ring (bicyclic) bond motifs is 5. The molecule has 0 unspecified atom stereocenters. The van der Waals surface area contributed by atoms with E-state index in [1.165, 1.54) is 25.0 Å². The lowest BCUT2D eigenvalue weighted by Crippen LogP contribution is -2.51. The molecule has 36 heavy (non-hydrogen) atoms. The van der Waals surface area contributed by atoms with Crippen LogP contribution in [0.4, 0.5) is 0 Å². The van der Waals surface area contributed by atoms with Crippen LogP contribution in [0.3, 0.4) is 0 Å². The molecule has 1 heterocycles. The zero-order valence-corrected chi connectivity index (χ0v) is 22.9. The molecule has 0 aromatic heterocycles. The number of aliphatic imine (C=N–C) groups is 1. The van der Waals surface area contributed by atoms with Gasteiger partial charge in [-0.1, -0.05) is 39.3 Å².